The van der Waals surface area contributed by atoms with E-state index in [1.165, 1.54) is 61.7 Å². The summed E-state index contributed by atoms with van der Waals surface area (Å²) in [6.45, 7) is 27.5. The molecule has 4 rings (SSSR count). The summed E-state index contributed by atoms with van der Waals surface area (Å²) in [5, 5.41) is 0. The van der Waals surface area contributed by atoms with E-state index in [2.05, 4.69) is 114 Å². The quantitative estimate of drug-likeness (QED) is 0.216. The first-order valence-corrected chi connectivity index (χ1v) is 17.3. The van der Waals surface area contributed by atoms with Gasteiger partial charge in [-0.05, 0) is 66.5 Å². The maximum absolute atomic E-state index is 4.90. The first-order chi connectivity index (χ1) is 20.7. The average molecular weight is 587 g/mol. The van der Waals surface area contributed by atoms with Gasteiger partial charge in [0.1, 0.15) is 5.82 Å². The summed E-state index contributed by atoms with van der Waals surface area (Å²) in [5.41, 5.74) is 8.10. The smallest absolute Gasteiger partial charge is 0.136 e. The molecule has 1 fully saturated rings. The number of hydrogen-bond donors (Lipinski definition) is 0. The van der Waals surface area contributed by atoms with Crippen molar-refractivity contribution in [3.05, 3.63) is 84.2 Å². The molecule has 0 atom stereocenters. The molecule has 0 aliphatic heterocycles. The van der Waals surface area contributed by atoms with E-state index in [4.69, 9.17) is 4.98 Å². The van der Waals surface area contributed by atoms with Crippen LogP contribution in [-0.2, 0) is 7.05 Å². The van der Waals surface area contributed by atoms with E-state index >= 15 is 0 Å². The molecule has 2 heteroatoms. The van der Waals surface area contributed by atoms with E-state index in [1.807, 2.05) is 40.7 Å². The zero-order chi connectivity index (χ0) is 32.8. The molecule has 240 valence electrons. The number of fused-ring (bicyclic) bond motifs is 1. The van der Waals surface area contributed by atoms with Crippen molar-refractivity contribution in [3.8, 4) is 0 Å². The number of benzene rings is 2. The second-order valence-corrected chi connectivity index (χ2v) is 11.3. The van der Waals surface area contributed by atoms with Crippen LogP contribution in [0.5, 0.6) is 0 Å². The molecule has 3 aromatic rings. The van der Waals surface area contributed by atoms with E-state index in [1.54, 1.807) is 0 Å². The molecule has 1 aromatic heterocycles. The summed E-state index contributed by atoms with van der Waals surface area (Å²) in [7, 11) is 2.09. The number of allylic oxidation sites excluding steroid dienone is 5. The van der Waals surface area contributed by atoms with Gasteiger partial charge >= 0.3 is 0 Å². The summed E-state index contributed by atoms with van der Waals surface area (Å²) in [5.74, 6) is 3.12. The second kappa shape index (κ2) is 23.6. The number of nitrogens with zero attached hydrogens (tertiary/aromatic N) is 2. The molecule has 2 aromatic carbocycles. The number of imidazole rings is 1. The molecule has 1 aliphatic rings. The van der Waals surface area contributed by atoms with E-state index in [9.17, 15) is 0 Å². The Hall–Kier alpha value is -2.87. The van der Waals surface area contributed by atoms with Gasteiger partial charge in [0, 0.05) is 7.05 Å². The minimum Gasteiger partial charge on any atom is -0.327 e. The number of aryl methyl sites for hydroxylation is 1. The first-order valence-electron chi connectivity index (χ1n) is 17.3. The van der Waals surface area contributed by atoms with Crippen LogP contribution in [0.1, 0.15) is 144 Å². The van der Waals surface area contributed by atoms with Gasteiger partial charge in [-0.15, -0.1) is 0 Å². The van der Waals surface area contributed by atoms with Crippen LogP contribution in [0, 0.1) is 11.8 Å². The van der Waals surface area contributed by atoms with E-state index in [0.717, 1.165) is 46.3 Å². The average Bonchev–Trinajstić information content (AvgIpc) is 3.83. The first kappa shape index (κ1) is 40.1. The van der Waals surface area contributed by atoms with Crippen molar-refractivity contribution >= 4 is 27.8 Å². The molecule has 1 heterocycles. The highest BCUT2D eigenvalue weighted by molar-refractivity contribution is 5.84. The summed E-state index contributed by atoms with van der Waals surface area (Å²) < 4.78 is 2.18. The van der Waals surface area contributed by atoms with E-state index in [-0.39, 0.29) is 0 Å². The standard InChI is InChI=1S/C24H26N2.C8H18.C5H10.2C2H6/c1-6-19(13-12-18(4)20-10-8-7-9-11-20)24-25-22-16-21(17(2)3)14-15-23(22)26(24)5;1-4-6-8(3)7-5-2;1-2-5-3-4-5;2*1-2/h7-16H,2,6H2,1,3-5H3;8H,4-7H2,1-3H3;5H,2-4H2,1H3;2*1-2H3/b18-12+,19-13+;;;;. The maximum atomic E-state index is 4.90. The van der Waals surface area contributed by atoms with Crippen LogP contribution in [0.3, 0.4) is 0 Å². The molecule has 0 radical (unpaired) electrons. The Balaban J connectivity index is 0.000000852. The fraction of sp³-hybridized carbons (Fsp3) is 0.537. The SMILES string of the molecule is C=C(C)c1ccc2c(c1)nc(/C(=C/C=C(\C)c1ccccc1)CC)n2C.CC.CC.CCC1CC1.CCCC(C)CCC. The molecular formula is C41H66N2. The van der Waals surface area contributed by atoms with Crippen molar-refractivity contribution < 1.29 is 0 Å². The Morgan fingerprint density at radius 2 is 1.47 bits per heavy atom. The molecule has 0 amide bonds. The van der Waals surface area contributed by atoms with Crippen molar-refractivity contribution in [1.82, 2.24) is 9.55 Å². The topological polar surface area (TPSA) is 17.8 Å². The fourth-order valence-electron chi connectivity index (χ4n) is 4.78. The highest BCUT2D eigenvalue weighted by Crippen LogP contribution is 2.31. The zero-order valence-corrected chi connectivity index (χ0v) is 30.2. The van der Waals surface area contributed by atoms with Crippen molar-refractivity contribution in [2.24, 2.45) is 18.9 Å². The Kier molecular flexibility index (Phi) is 22.0. The fourth-order valence-corrected chi connectivity index (χ4v) is 4.78. The van der Waals surface area contributed by atoms with Crippen LogP contribution in [0.15, 0.2) is 67.3 Å². The van der Waals surface area contributed by atoms with Gasteiger partial charge in [-0.3, -0.25) is 0 Å². The lowest BCUT2D eigenvalue weighted by Crippen LogP contribution is -1.96. The third-order valence-corrected chi connectivity index (χ3v) is 7.64. The third-order valence-electron chi connectivity index (χ3n) is 7.64. The Morgan fingerprint density at radius 3 is 1.91 bits per heavy atom. The van der Waals surface area contributed by atoms with Gasteiger partial charge in [0.2, 0.25) is 0 Å². The van der Waals surface area contributed by atoms with Crippen LogP contribution in [0.4, 0.5) is 0 Å². The molecule has 0 saturated heterocycles. The van der Waals surface area contributed by atoms with Gasteiger partial charge in [-0.2, -0.15) is 0 Å². The Bertz CT molecular complexity index is 1200. The van der Waals surface area contributed by atoms with Crippen LogP contribution < -0.4 is 0 Å². The maximum Gasteiger partial charge on any atom is 0.136 e. The Labute approximate surface area is 267 Å². The highest BCUT2D eigenvalue weighted by atomic mass is 15.1. The minimum absolute atomic E-state index is 0.934. The summed E-state index contributed by atoms with van der Waals surface area (Å²) >= 11 is 0. The third kappa shape index (κ3) is 14.9. The van der Waals surface area contributed by atoms with Crippen LogP contribution in [0.25, 0.3) is 27.8 Å². The summed E-state index contributed by atoms with van der Waals surface area (Å²) in [6.07, 6.45) is 15.3. The summed E-state index contributed by atoms with van der Waals surface area (Å²) in [4.78, 5) is 4.90. The van der Waals surface area contributed by atoms with E-state index in [0.29, 0.717) is 0 Å². The monoisotopic (exact) mass is 587 g/mol. The summed E-state index contributed by atoms with van der Waals surface area (Å²) in [6, 6.07) is 16.8. The number of hydrogen-bond acceptors (Lipinski definition) is 1. The van der Waals surface area contributed by atoms with Crippen molar-refractivity contribution in [3.63, 3.8) is 0 Å². The molecule has 0 spiro atoms. The zero-order valence-electron chi connectivity index (χ0n) is 30.2. The molecule has 1 saturated carbocycles. The van der Waals surface area contributed by atoms with Gasteiger partial charge in [0.25, 0.3) is 0 Å². The second-order valence-electron chi connectivity index (χ2n) is 11.3. The van der Waals surface area contributed by atoms with Gasteiger partial charge in [-0.25, -0.2) is 4.98 Å². The van der Waals surface area contributed by atoms with Crippen LogP contribution in [0.2, 0.25) is 0 Å². The number of aromatic nitrogens is 2. The minimum atomic E-state index is 0.934. The van der Waals surface area contributed by atoms with Gasteiger partial charge in [-0.1, -0.05) is 168 Å². The molecule has 0 bridgehead atoms. The van der Waals surface area contributed by atoms with Crippen LogP contribution in [-0.4, -0.2) is 9.55 Å². The van der Waals surface area contributed by atoms with Crippen molar-refractivity contribution in [1.29, 1.82) is 0 Å². The highest BCUT2D eigenvalue weighted by Gasteiger charge is 2.17. The lowest BCUT2D eigenvalue weighted by molar-refractivity contribution is 0.480. The molecule has 0 unspecified atom stereocenters. The van der Waals surface area contributed by atoms with Gasteiger partial charge in [0.05, 0.1) is 11.0 Å². The number of rotatable bonds is 10. The molecule has 1 aliphatic carbocycles. The van der Waals surface area contributed by atoms with Crippen LogP contribution >= 0.6 is 0 Å². The molecule has 0 N–H and O–H groups in total. The molecule has 2 nitrogen and oxygen atoms in total. The predicted molar refractivity (Wildman–Crippen MR) is 198 cm³/mol. The van der Waals surface area contributed by atoms with E-state index < -0.39 is 0 Å². The van der Waals surface area contributed by atoms with Gasteiger partial charge < -0.3 is 4.57 Å². The molecule has 43 heavy (non-hydrogen) atoms. The van der Waals surface area contributed by atoms with Crippen molar-refractivity contribution in [2.45, 2.75) is 128 Å². The predicted octanol–water partition coefficient (Wildman–Crippen LogP) is 13.6. The molecular weight excluding hydrogens is 520 g/mol. The largest absolute Gasteiger partial charge is 0.327 e. The van der Waals surface area contributed by atoms with Gasteiger partial charge in [0.15, 0.2) is 0 Å². The lowest BCUT2D eigenvalue weighted by atomic mass is 10.0. The van der Waals surface area contributed by atoms with Crippen molar-refractivity contribution in [2.75, 3.05) is 0 Å². The lowest BCUT2D eigenvalue weighted by Gasteiger charge is -2.05. The Morgan fingerprint density at radius 1 is 0.884 bits per heavy atom. The normalized spacial score (nSPS) is 12.6.